The molecule has 1 aliphatic heterocycles. The van der Waals surface area contributed by atoms with Crippen LogP contribution in [0.15, 0.2) is 30.5 Å². The Balaban J connectivity index is 1.55. The quantitative estimate of drug-likeness (QED) is 0.919. The van der Waals surface area contributed by atoms with Gasteiger partial charge >= 0.3 is 0 Å². The van der Waals surface area contributed by atoms with Crippen LogP contribution in [0.2, 0.25) is 0 Å². The lowest BCUT2D eigenvalue weighted by Gasteiger charge is -2.09. The van der Waals surface area contributed by atoms with E-state index in [0.29, 0.717) is 6.10 Å². The first-order valence-electron chi connectivity index (χ1n) is 6.84. The van der Waals surface area contributed by atoms with Crippen LogP contribution < -0.4 is 5.32 Å². The molecule has 0 spiro atoms. The van der Waals surface area contributed by atoms with E-state index in [1.54, 1.807) is 23.5 Å². The summed E-state index contributed by atoms with van der Waals surface area (Å²) >= 11 is 1.64. The second-order valence-electron chi connectivity index (χ2n) is 4.89. The summed E-state index contributed by atoms with van der Waals surface area (Å²) in [6.45, 7) is 2.52. The summed E-state index contributed by atoms with van der Waals surface area (Å²) in [5, 5.41) is 4.42. The summed E-state index contributed by atoms with van der Waals surface area (Å²) in [7, 11) is 0. The van der Waals surface area contributed by atoms with E-state index in [2.05, 4.69) is 10.3 Å². The Morgan fingerprint density at radius 1 is 1.35 bits per heavy atom. The number of nitrogens with zero attached hydrogens (tertiary/aromatic N) is 1. The molecule has 1 N–H and O–H groups in total. The lowest BCUT2D eigenvalue weighted by Crippen LogP contribution is -2.25. The number of benzene rings is 1. The fraction of sp³-hybridized carbons (Fsp3) is 0.400. The van der Waals surface area contributed by atoms with Crippen LogP contribution in [0.1, 0.15) is 17.8 Å². The van der Waals surface area contributed by atoms with Crippen molar-refractivity contribution in [3.8, 4) is 10.4 Å². The monoisotopic (exact) mass is 292 g/mol. The van der Waals surface area contributed by atoms with Gasteiger partial charge in [-0.05, 0) is 30.5 Å². The Bertz CT molecular complexity index is 549. The topological polar surface area (TPSA) is 34.2 Å². The first-order chi connectivity index (χ1) is 9.81. The van der Waals surface area contributed by atoms with E-state index in [-0.39, 0.29) is 5.82 Å². The number of hydrogen-bond donors (Lipinski definition) is 1. The number of rotatable bonds is 5. The Hall–Kier alpha value is -1.30. The molecule has 0 aliphatic carbocycles. The summed E-state index contributed by atoms with van der Waals surface area (Å²) in [6.07, 6.45) is 4.51. The van der Waals surface area contributed by atoms with Crippen LogP contribution in [-0.4, -0.2) is 24.2 Å². The minimum absolute atomic E-state index is 0.211. The lowest BCUT2D eigenvalue weighted by atomic mass is 10.2. The molecule has 20 heavy (non-hydrogen) atoms. The molecule has 5 heteroatoms. The zero-order valence-corrected chi connectivity index (χ0v) is 12.0. The van der Waals surface area contributed by atoms with E-state index < -0.39 is 0 Å². The molecule has 1 saturated heterocycles. The smallest absolute Gasteiger partial charge is 0.123 e. The molecule has 2 aromatic rings. The fourth-order valence-corrected chi connectivity index (χ4v) is 3.18. The largest absolute Gasteiger partial charge is 0.377 e. The highest BCUT2D eigenvalue weighted by Crippen LogP contribution is 2.26. The van der Waals surface area contributed by atoms with E-state index in [1.807, 2.05) is 6.20 Å². The second kappa shape index (κ2) is 6.43. The second-order valence-corrected chi connectivity index (χ2v) is 6.01. The zero-order chi connectivity index (χ0) is 13.8. The molecule has 0 bridgehead atoms. The number of halogens is 1. The van der Waals surface area contributed by atoms with Crippen molar-refractivity contribution in [2.75, 3.05) is 13.2 Å². The Morgan fingerprint density at radius 3 is 2.95 bits per heavy atom. The van der Waals surface area contributed by atoms with Gasteiger partial charge in [0.1, 0.15) is 10.8 Å². The van der Waals surface area contributed by atoms with Crippen molar-refractivity contribution in [1.29, 1.82) is 0 Å². The molecule has 1 fully saturated rings. The maximum absolute atomic E-state index is 12.9. The van der Waals surface area contributed by atoms with Crippen LogP contribution in [0.5, 0.6) is 0 Å². The molecule has 0 saturated carbocycles. The predicted octanol–water partition coefficient (Wildman–Crippen LogP) is 3.22. The standard InChI is InChI=1S/C15H17FN2OS/c16-12-5-3-11(4-6-12)14-9-18-15(20-14)10-17-8-13-2-1-7-19-13/h3-6,9,13,17H,1-2,7-8,10H2. The van der Waals surface area contributed by atoms with Gasteiger partial charge in [0.25, 0.3) is 0 Å². The number of ether oxygens (including phenoxy) is 1. The summed E-state index contributed by atoms with van der Waals surface area (Å²) in [4.78, 5) is 5.47. The van der Waals surface area contributed by atoms with Gasteiger partial charge in [-0.2, -0.15) is 0 Å². The zero-order valence-electron chi connectivity index (χ0n) is 11.1. The summed E-state index contributed by atoms with van der Waals surface area (Å²) in [5.74, 6) is -0.211. The van der Waals surface area contributed by atoms with Crippen LogP contribution in [0.4, 0.5) is 4.39 Å². The van der Waals surface area contributed by atoms with Crippen LogP contribution in [-0.2, 0) is 11.3 Å². The van der Waals surface area contributed by atoms with Crippen molar-refractivity contribution in [2.45, 2.75) is 25.5 Å². The molecular weight excluding hydrogens is 275 g/mol. The van der Waals surface area contributed by atoms with Crippen LogP contribution in [0, 0.1) is 5.82 Å². The molecule has 0 amide bonds. The number of thiazole rings is 1. The van der Waals surface area contributed by atoms with Crippen molar-refractivity contribution in [3.63, 3.8) is 0 Å². The molecule has 106 valence electrons. The van der Waals surface area contributed by atoms with Gasteiger partial charge in [0.2, 0.25) is 0 Å². The van der Waals surface area contributed by atoms with E-state index in [9.17, 15) is 4.39 Å². The Kier molecular flexibility index (Phi) is 4.40. The molecule has 2 heterocycles. The van der Waals surface area contributed by atoms with Gasteiger partial charge < -0.3 is 10.1 Å². The van der Waals surface area contributed by atoms with Crippen molar-refractivity contribution >= 4 is 11.3 Å². The minimum atomic E-state index is -0.211. The molecule has 1 unspecified atom stereocenters. The van der Waals surface area contributed by atoms with E-state index in [1.165, 1.54) is 12.1 Å². The third-order valence-electron chi connectivity index (χ3n) is 3.35. The van der Waals surface area contributed by atoms with Gasteiger partial charge in [-0.3, -0.25) is 0 Å². The molecule has 0 radical (unpaired) electrons. The molecule has 1 aromatic heterocycles. The maximum Gasteiger partial charge on any atom is 0.123 e. The molecule has 1 aromatic carbocycles. The molecular formula is C15H17FN2OS. The van der Waals surface area contributed by atoms with Crippen LogP contribution in [0.3, 0.4) is 0 Å². The molecule has 3 rings (SSSR count). The van der Waals surface area contributed by atoms with Gasteiger partial charge in [0.15, 0.2) is 0 Å². The van der Waals surface area contributed by atoms with Crippen molar-refractivity contribution in [3.05, 3.63) is 41.3 Å². The van der Waals surface area contributed by atoms with Crippen molar-refractivity contribution in [1.82, 2.24) is 10.3 Å². The predicted molar refractivity (Wildman–Crippen MR) is 78.2 cm³/mol. The Morgan fingerprint density at radius 2 is 2.20 bits per heavy atom. The van der Waals surface area contributed by atoms with Crippen molar-refractivity contribution in [2.24, 2.45) is 0 Å². The average molecular weight is 292 g/mol. The third kappa shape index (κ3) is 3.42. The van der Waals surface area contributed by atoms with Gasteiger partial charge in [0, 0.05) is 25.9 Å². The summed E-state index contributed by atoms with van der Waals surface area (Å²) in [6, 6.07) is 6.52. The van der Waals surface area contributed by atoms with Gasteiger partial charge in [-0.15, -0.1) is 11.3 Å². The van der Waals surface area contributed by atoms with E-state index >= 15 is 0 Å². The number of nitrogens with one attached hydrogen (secondary N) is 1. The van der Waals surface area contributed by atoms with Crippen LogP contribution >= 0.6 is 11.3 Å². The minimum Gasteiger partial charge on any atom is -0.377 e. The Labute approximate surface area is 121 Å². The first kappa shape index (κ1) is 13.7. The van der Waals surface area contributed by atoms with E-state index in [4.69, 9.17) is 4.74 Å². The van der Waals surface area contributed by atoms with Gasteiger partial charge in [-0.1, -0.05) is 12.1 Å². The van der Waals surface area contributed by atoms with Crippen molar-refractivity contribution < 1.29 is 9.13 Å². The average Bonchev–Trinajstić information content (AvgIpc) is 3.11. The number of aromatic nitrogens is 1. The SMILES string of the molecule is Fc1ccc(-c2cnc(CNCC3CCCO3)s2)cc1. The highest BCUT2D eigenvalue weighted by molar-refractivity contribution is 7.15. The first-order valence-corrected chi connectivity index (χ1v) is 7.66. The molecule has 1 atom stereocenters. The van der Waals surface area contributed by atoms with Gasteiger partial charge in [-0.25, -0.2) is 9.37 Å². The molecule has 1 aliphatic rings. The number of hydrogen-bond acceptors (Lipinski definition) is 4. The highest BCUT2D eigenvalue weighted by Gasteiger charge is 2.14. The summed E-state index contributed by atoms with van der Waals surface area (Å²) < 4.78 is 18.4. The highest BCUT2D eigenvalue weighted by atomic mass is 32.1. The van der Waals surface area contributed by atoms with Gasteiger partial charge in [0.05, 0.1) is 11.0 Å². The lowest BCUT2D eigenvalue weighted by molar-refractivity contribution is 0.110. The molecule has 3 nitrogen and oxygen atoms in total. The van der Waals surface area contributed by atoms with Crippen LogP contribution in [0.25, 0.3) is 10.4 Å². The summed E-state index contributed by atoms with van der Waals surface area (Å²) in [5.41, 5.74) is 1.01. The van der Waals surface area contributed by atoms with E-state index in [0.717, 1.165) is 48.0 Å². The fourth-order valence-electron chi connectivity index (χ4n) is 2.29. The normalized spacial score (nSPS) is 18.6. The third-order valence-corrected chi connectivity index (χ3v) is 4.40. The maximum atomic E-state index is 12.9.